The summed E-state index contributed by atoms with van der Waals surface area (Å²) in [5, 5.41) is 6.43. The van der Waals surface area contributed by atoms with Crippen LogP contribution in [0.2, 0.25) is 0 Å². The van der Waals surface area contributed by atoms with Gasteiger partial charge in [0, 0.05) is 23.5 Å². The van der Waals surface area contributed by atoms with Crippen LogP contribution >= 0.6 is 0 Å². The molecule has 0 saturated heterocycles. The van der Waals surface area contributed by atoms with E-state index in [-0.39, 0.29) is 11.9 Å². The van der Waals surface area contributed by atoms with Crippen LogP contribution in [0.25, 0.3) is 0 Å². The van der Waals surface area contributed by atoms with Crippen molar-refractivity contribution in [3.05, 3.63) is 59.7 Å². The molecule has 1 atom stereocenters. The van der Waals surface area contributed by atoms with Crippen LogP contribution in [-0.4, -0.2) is 11.9 Å². The van der Waals surface area contributed by atoms with E-state index >= 15 is 0 Å². The molecule has 4 N–H and O–H groups in total. The highest BCUT2D eigenvalue weighted by atomic mass is 16.1. The van der Waals surface area contributed by atoms with E-state index < -0.39 is 0 Å². The molecule has 0 spiro atoms. The largest absolute Gasteiger partial charge is 0.399 e. The molecule has 2 aromatic carbocycles. The van der Waals surface area contributed by atoms with E-state index in [2.05, 4.69) is 29.7 Å². The summed E-state index contributed by atoms with van der Waals surface area (Å²) in [6, 6.07) is 16.0. The van der Waals surface area contributed by atoms with Crippen LogP contribution in [0.4, 0.5) is 11.4 Å². The minimum atomic E-state index is -0.0578. The molecule has 1 fully saturated rings. The van der Waals surface area contributed by atoms with Gasteiger partial charge in [-0.25, -0.2) is 0 Å². The highest BCUT2D eigenvalue weighted by molar-refractivity contribution is 6.00. The van der Waals surface area contributed by atoms with Gasteiger partial charge in [-0.15, -0.1) is 0 Å². The third-order valence-electron chi connectivity index (χ3n) is 3.87. The second-order valence-corrected chi connectivity index (χ2v) is 5.83. The van der Waals surface area contributed by atoms with E-state index in [1.807, 2.05) is 30.3 Å². The fourth-order valence-corrected chi connectivity index (χ4v) is 2.42. The van der Waals surface area contributed by atoms with Crippen molar-refractivity contribution >= 4 is 17.3 Å². The van der Waals surface area contributed by atoms with Crippen molar-refractivity contribution in [2.45, 2.75) is 31.8 Å². The van der Waals surface area contributed by atoms with Crippen molar-refractivity contribution in [3.63, 3.8) is 0 Å². The molecule has 0 bridgehead atoms. The molecule has 0 aromatic heterocycles. The number of rotatable bonds is 5. The number of nitrogen functional groups attached to an aromatic ring is 1. The summed E-state index contributed by atoms with van der Waals surface area (Å²) in [4.78, 5) is 12.4. The summed E-state index contributed by atoms with van der Waals surface area (Å²) < 4.78 is 0. The van der Waals surface area contributed by atoms with E-state index in [1.165, 1.54) is 5.56 Å². The molecule has 0 heterocycles. The lowest BCUT2D eigenvalue weighted by Gasteiger charge is -2.18. The smallest absolute Gasteiger partial charge is 0.253 e. The van der Waals surface area contributed by atoms with Crippen LogP contribution in [-0.2, 0) is 0 Å². The average Bonchev–Trinajstić information content (AvgIpc) is 3.33. The van der Waals surface area contributed by atoms with Crippen molar-refractivity contribution in [3.8, 4) is 0 Å². The van der Waals surface area contributed by atoms with Gasteiger partial charge in [0.05, 0.1) is 5.56 Å². The number of hydrogen-bond acceptors (Lipinski definition) is 3. The zero-order chi connectivity index (χ0) is 15.5. The Labute approximate surface area is 130 Å². The minimum absolute atomic E-state index is 0.0578. The number of carbonyl (C=O) groups excluding carboxylic acids is 1. The normalized spacial score (nSPS) is 15.1. The molecule has 0 radical (unpaired) electrons. The van der Waals surface area contributed by atoms with Crippen LogP contribution in [0.3, 0.4) is 0 Å². The molecule has 1 aliphatic carbocycles. The minimum Gasteiger partial charge on any atom is -0.399 e. The Morgan fingerprint density at radius 2 is 1.91 bits per heavy atom. The van der Waals surface area contributed by atoms with Crippen LogP contribution < -0.4 is 16.4 Å². The van der Waals surface area contributed by atoms with Crippen LogP contribution in [0, 0.1) is 0 Å². The predicted octanol–water partition coefficient (Wildman–Crippen LogP) is 3.33. The van der Waals surface area contributed by atoms with Gasteiger partial charge in [0.2, 0.25) is 0 Å². The number of anilines is 2. The third-order valence-corrected chi connectivity index (χ3v) is 3.87. The predicted molar refractivity (Wildman–Crippen MR) is 89.8 cm³/mol. The fraction of sp³-hybridized carbons (Fsp3) is 0.278. The van der Waals surface area contributed by atoms with Gasteiger partial charge in [-0.1, -0.05) is 30.3 Å². The van der Waals surface area contributed by atoms with Crippen LogP contribution in [0.1, 0.15) is 41.7 Å². The molecule has 0 aliphatic heterocycles. The molecule has 0 unspecified atom stereocenters. The molecule has 1 aliphatic rings. The van der Waals surface area contributed by atoms with Crippen molar-refractivity contribution < 1.29 is 4.79 Å². The molecule has 3 rings (SSSR count). The van der Waals surface area contributed by atoms with Crippen molar-refractivity contribution in [1.82, 2.24) is 5.32 Å². The van der Waals surface area contributed by atoms with Gasteiger partial charge in [-0.2, -0.15) is 0 Å². The Bertz CT molecular complexity index is 665. The van der Waals surface area contributed by atoms with Gasteiger partial charge >= 0.3 is 0 Å². The molecule has 4 nitrogen and oxygen atoms in total. The Morgan fingerprint density at radius 3 is 2.59 bits per heavy atom. The van der Waals surface area contributed by atoms with Gasteiger partial charge < -0.3 is 16.4 Å². The topological polar surface area (TPSA) is 67.1 Å². The first kappa shape index (κ1) is 14.4. The highest BCUT2D eigenvalue weighted by Crippen LogP contribution is 2.26. The fourth-order valence-electron chi connectivity index (χ4n) is 2.42. The van der Waals surface area contributed by atoms with Crippen LogP contribution in [0.5, 0.6) is 0 Å². The number of benzene rings is 2. The second-order valence-electron chi connectivity index (χ2n) is 5.83. The summed E-state index contributed by atoms with van der Waals surface area (Å²) in [7, 11) is 0. The summed E-state index contributed by atoms with van der Waals surface area (Å²) >= 11 is 0. The summed E-state index contributed by atoms with van der Waals surface area (Å²) in [6.07, 6.45) is 2.13. The van der Waals surface area contributed by atoms with E-state index in [9.17, 15) is 4.79 Å². The lowest BCUT2D eigenvalue weighted by atomic mass is 10.1. The number of carbonyl (C=O) groups is 1. The number of amides is 1. The first-order valence-corrected chi connectivity index (χ1v) is 7.65. The number of nitrogens with two attached hydrogens (primary N) is 1. The molecule has 2 aromatic rings. The lowest BCUT2D eigenvalue weighted by molar-refractivity contribution is 0.0952. The molecule has 4 heteroatoms. The standard InChI is InChI=1S/C18H21N3O/c1-12(13-5-3-2-4-6-13)20-17-10-7-14(19)11-16(17)18(22)21-15-8-9-15/h2-7,10-12,15,20H,8-9,19H2,1H3,(H,21,22)/t12-/m1/s1. The van der Waals surface area contributed by atoms with Gasteiger partial charge in [0.15, 0.2) is 0 Å². The molecular formula is C18H21N3O. The summed E-state index contributed by atoms with van der Waals surface area (Å²) in [6.45, 7) is 2.08. The summed E-state index contributed by atoms with van der Waals surface area (Å²) in [5.74, 6) is -0.0578. The SMILES string of the molecule is C[C@@H](Nc1ccc(N)cc1C(=O)NC1CC1)c1ccccc1. The molecule has 22 heavy (non-hydrogen) atoms. The number of hydrogen-bond donors (Lipinski definition) is 3. The van der Waals surface area contributed by atoms with E-state index in [0.29, 0.717) is 17.3 Å². The third kappa shape index (κ3) is 3.39. The van der Waals surface area contributed by atoms with Crippen molar-refractivity contribution in [1.29, 1.82) is 0 Å². The lowest BCUT2D eigenvalue weighted by Crippen LogP contribution is -2.26. The van der Waals surface area contributed by atoms with Gasteiger partial charge in [0.1, 0.15) is 0 Å². The van der Waals surface area contributed by atoms with E-state index in [4.69, 9.17) is 5.73 Å². The summed E-state index contributed by atoms with van der Waals surface area (Å²) in [5.41, 5.74) is 9.03. The van der Waals surface area contributed by atoms with Crippen molar-refractivity contribution in [2.75, 3.05) is 11.1 Å². The molecule has 114 valence electrons. The Hall–Kier alpha value is -2.49. The van der Waals surface area contributed by atoms with E-state index in [1.54, 1.807) is 6.07 Å². The molecule has 1 amide bonds. The molecular weight excluding hydrogens is 274 g/mol. The van der Waals surface area contributed by atoms with Crippen molar-refractivity contribution in [2.24, 2.45) is 0 Å². The van der Waals surface area contributed by atoms with Gasteiger partial charge in [0.25, 0.3) is 5.91 Å². The average molecular weight is 295 g/mol. The quantitative estimate of drug-likeness (QED) is 0.741. The Balaban J connectivity index is 1.81. The Kier molecular flexibility index (Phi) is 4.00. The maximum absolute atomic E-state index is 12.4. The van der Waals surface area contributed by atoms with E-state index in [0.717, 1.165) is 18.5 Å². The maximum Gasteiger partial charge on any atom is 0.253 e. The van der Waals surface area contributed by atoms with Gasteiger partial charge in [-0.3, -0.25) is 4.79 Å². The Morgan fingerprint density at radius 1 is 1.18 bits per heavy atom. The zero-order valence-corrected chi connectivity index (χ0v) is 12.7. The zero-order valence-electron chi connectivity index (χ0n) is 12.7. The number of nitrogens with one attached hydrogen (secondary N) is 2. The van der Waals surface area contributed by atoms with Gasteiger partial charge in [-0.05, 0) is 43.5 Å². The first-order chi connectivity index (χ1) is 10.6. The first-order valence-electron chi connectivity index (χ1n) is 7.65. The maximum atomic E-state index is 12.4. The monoisotopic (exact) mass is 295 g/mol. The molecule has 1 saturated carbocycles. The second kappa shape index (κ2) is 6.10. The highest BCUT2D eigenvalue weighted by Gasteiger charge is 2.25. The van der Waals surface area contributed by atoms with Crippen LogP contribution in [0.15, 0.2) is 48.5 Å².